The molecule has 3 aromatic carbocycles. The molecule has 0 unspecified atom stereocenters. The molecule has 2 amide bonds. The molecule has 0 aliphatic carbocycles. The average Bonchev–Trinajstić information content (AvgIpc) is 3.45. The molecule has 5 nitrogen and oxygen atoms in total. The van der Waals surface area contributed by atoms with Crippen LogP contribution in [0.3, 0.4) is 0 Å². The van der Waals surface area contributed by atoms with Crippen LogP contribution in [0.25, 0.3) is 10.1 Å². The largest absolute Gasteiger partial charge is 0.390 e. The number of carbonyl (C=O) groups is 2. The summed E-state index contributed by atoms with van der Waals surface area (Å²) < 4.78 is 14.6. The molecule has 4 aromatic rings. The van der Waals surface area contributed by atoms with Crippen LogP contribution in [-0.4, -0.2) is 47.1 Å². The van der Waals surface area contributed by atoms with E-state index in [-0.39, 0.29) is 30.6 Å². The number of aliphatic hydroxyl groups is 1. The quantitative estimate of drug-likeness (QED) is 0.377. The third kappa shape index (κ3) is 5.43. The van der Waals surface area contributed by atoms with Gasteiger partial charge in [-0.1, -0.05) is 60.2 Å². The summed E-state index contributed by atoms with van der Waals surface area (Å²) >= 11 is 1.59. The van der Waals surface area contributed by atoms with E-state index in [1.54, 1.807) is 23.5 Å². The van der Waals surface area contributed by atoms with E-state index in [2.05, 4.69) is 17.4 Å². The number of thiophene rings is 1. The highest BCUT2D eigenvalue weighted by atomic mass is 32.1. The summed E-state index contributed by atoms with van der Waals surface area (Å²) in [7, 11) is 0. The molecule has 2 heterocycles. The summed E-state index contributed by atoms with van der Waals surface area (Å²) in [6.07, 6.45) is -0.321. The Balaban J connectivity index is 1.37. The zero-order valence-corrected chi connectivity index (χ0v) is 21.4. The second-order valence-electron chi connectivity index (χ2n) is 9.60. The molecule has 37 heavy (non-hydrogen) atoms. The number of halogens is 1. The average molecular weight is 517 g/mol. The summed E-state index contributed by atoms with van der Waals surface area (Å²) in [6, 6.07) is 20.8. The van der Waals surface area contributed by atoms with Crippen molar-refractivity contribution in [2.75, 3.05) is 13.1 Å². The molecule has 1 aromatic heterocycles. The van der Waals surface area contributed by atoms with Crippen molar-refractivity contribution in [1.82, 2.24) is 10.2 Å². The lowest BCUT2D eigenvalue weighted by Gasteiger charge is -2.25. The van der Waals surface area contributed by atoms with E-state index in [0.717, 1.165) is 26.8 Å². The molecule has 1 aliphatic rings. The number of amides is 2. The van der Waals surface area contributed by atoms with Gasteiger partial charge in [0.1, 0.15) is 11.9 Å². The lowest BCUT2D eigenvalue weighted by atomic mass is 9.93. The highest BCUT2D eigenvalue weighted by molar-refractivity contribution is 7.17. The van der Waals surface area contributed by atoms with E-state index in [1.165, 1.54) is 17.0 Å². The lowest BCUT2D eigenvalue weighted by molar-refractivity contribution is -0.140. The van der Waals surface area contributed by atoms with Crippen LogP contribution < -0.4 is 5.32 Å². The molecule has 0 radical (unpaired) electrons. The maximum atomic E-state index is 13.6. The first-order valence-corrected chi connectivity index (χ1v) is 13.3. The minimum Gasteiger partial charge on any atom is -0.390 e. The molecule has 0 saturated carbocycles. The Morgan fingerprint density at radius 1 is 1.08 bits per heavy atom. The van der Waals surface area contributed by atoms with Crippen LogP contribution >= 0.6 is 11.3 Å². The van der Waals surface area contributed by atoms with E-state index < -0.39 is 18.1 Å². The number of fused-ring (bicyclic) bond motifs is 1. The number of carbonyl (C=O) groups excluding carboxylic acids is 2. The van der Waals surface area contributed by atoms with Crippen LogP contribution in [0.15, 0.2) is 78.2 Å². The summed E-state index contributed by atoms with van der Waals surface area (Å²) in [6.45, 7) is 2.59. The smallest absolute Gasteiger partial charge is 0.245 e. The number of hydrogen-bond donors (Lipinski definition) is 2. The molecule has 7 heteroatoms. The third-order valence-electron chi connectivity index (χ3n) is 7.06. The van der Waals surface area contributed by atoms with Crippen LogP contribution in [0.4, 0.5) is 4.39 Å². The number of likely N-dealkylation sites (tertiary alicyclic amines) is 1. The van der Waals surface area contributed by atoms with Gasteiger partial charge >= 0.3 is 0 Å². The topological polar surface area (TPSA) is 69.6 Å². The first kappa shape index (κ1) is 25.1. The Labute approximate surface area is 219 Å². The predicted octanol–water partition coefficient (Wildman–Crippen LogP) is 4.61. The summed E-state index contributed by atoms with van der Waals surface area (Å²) in [4.78, 5) is 28.4. The predicted molar refractivity (Wildman–Crippen MR) is 144 cm³/mol. The fourth-order valence-corrected chi connectivity index (χ4v) is 6.02. The van der Waals surface area contributed by atoms with Gasteiger partial charge < -0.3 is 15.3 Å². The number of nitrogens with one attached hydrogen (secondary N) is 1. The molecule has 1 saturated heterocycles. The number of nitrogens with zero attached hydrogens (tertiary/aromatic N) is 1. The monoisotopic (exact) mass is 516 g/mol. The zero-order valence-electron chi connectivity index (χ0n) is 20.6. The fraction of sp³-hybridized carbons (Fsp3) is 0.267. The minimum atomic E-state index is -1.10. The Kier molecular flexibility index (Phi) is 7.35. The van der Waals surface area contributed by atoms with Crippen LogP contribution in [0, 0.1) is 12.7 Å². The fourth-order valence-electron chi connectivity index (χ4n) is 5.08. The van der Waals surface area contributed by atoms with Gasteiger partial charge in [-0.25, -0.2) is 4.39 Å². The first-order valence-electron chi connectivity index (χ1n) is 12.4. The van der Waals surface area contributed by atoms with Gasteiger partial charge in [0.05, 0.1) is 12.5 Å². The lowest BCUT2D eigenvalue weighted by Crippen LogP contribution is -2.51. The Morgan fingerprint density at radius 2 is 1.84 bits per heavy atom. The highest BCUT2D eigenvalue weighted by Crippen LogP contribution is 2.34. The van der Waals surface area contributed by atoms with Gasteiger partial charge in [0.25, 0.3) is 0 Å². The summed E-state index contributed by atoms with van der Waals surface area (Å²) in [5, 5.41) is 17.2. The molecule has 5 rings (SSSR count). The standard InChI is InChI=1S/C30H29FN2O3S/c1-19-7-12-26-24(15-19)22(18-37-26)16-27(34)33-17-25(21-8-10-23(31)11-9-21)29(35)28(33)30(36)32-14-13-20-5-3-2-4-6-20/h2-12,15,18,25,28-29,35H,13-14,16-17H2,1H3,(H,32,36)/t25-,28+,29-/m1/s1. The molecule has 1 fully saturated rings. The maximum absolute atomic E-state index is 13.6. The van der Waals surface area contributed by atoms with Crippen LogP contribution in [0.1, 0.15) is 28.2 Å². The summed E-state index contributed by atoms with van der Waals surface area (Å²) in [5.74, 6) is -1.46. The van der Waals surface area contributed by atoms with Crippen molar-refractivity contribution in [3.8, 4) is 0 Å². The highest BCUT2D eigenvalue weighted by Gasteiger charge is 2.47. The van der Waals surface area contributed by atoms with E-state index in [4.69, 9.17) is 0 Å². The normalized spacial score (nSPS) is 19.3. The molecule has 190 valence electrons. The van der Waals surface area contributed by atoms with Crippen molar-refractivity contribution in [2.24, 2.45) is 0 Å². The van der Waals surface area contributed by atoms with Crippen molar-refractivity contribution in [3.63, 3.8) is 0 Å². The Hall–Kier alpha value is -3.55. The van der Waals surface area contributed by atoms with Crippen molar-refractivity contribution >= 4 is 33.2 Å². The molecule has 0 bridgehead atoms. The van der Waals surface area contributed by atoms with Crippen LogP contribution in [0.5, 0.6) is 0 Å². The molecule has 0 spiro atoms. The maximum Gasteiger partial charge on any atom is 0.245 e. The molecule has 1 aliphatic heterocycles. The van der Waals surface area contributed by atoms with E-state index in [0.29, 0.717) is 18.5 Å². The number of rotatable bonds is 7. The van der Waals surface area contributed by atoms with Crippen molar-refractivity contribution in [1.29, 1.82) is 0 Å². The Morgan fingerprint density at radius 3 is 2.59 bits per heavy atom. The first-order chi connectivity index (χ1) is 17.9. The third-order valence-corrected chi connectivity index (χ3v) is 8.07. The summed E-state index contributed by atoms with van der Waals surface area (Å²) in [5.41, 5.74) is 3.81. The van der Waals surface area contributed by atoms with E-state index in [9.17, 15) is 19.1 Å². The van der Waals surface area contributed by atoms with Crippen LogP contribution in [-0.2, 0) is 22.4 Å². The molecular weight excluding hydrogens is 487 g/mol. The van der Waals surface area contributed by atoms with Crippen molar-refractivity contribution in [2.45, 2.75) is 37.8 Å². The van der Waals surface area contributed by atoms with Gasteiger partial charge in [0, 0.05) is 23.7 Å². The van der Waals surface area contributed by atoms with Gasteiger partial charge in [0.2, 0.25) is 11.8 Å². The van der Waals surface area contributed by atoms with Crippen molar-refractivity contribution in [3.05, 3.63) is 106 Å². The second-order valence-corrected chi connectivity index (χ2v) is 10.5. The molecular formula is C30H29FN2O3S. The number of aliphatic hydroxyl groups excluding tert-OH is 1. The van der Waals surface area contributed by atoms with Crippen molar-refractivity contribution < 1.29 is 19.1 Å². The number of aryl methyl sites for hydroxylation is 1. The van der Waals surface area contributed by atoms with Crippen LogP contribution in [0.2, 0.25) is 0 Å². The molecule has 2 N–H and O–H groups in total. The number of hydrogen-bond acceptors (Lipinski definition) is 4. The van der Waals surface area contributed by atoms with Gasteiger partial charge in [0.15, 0.2) is 0 Å². The van der Waals surface area contributed by atoms with E-state index in [1.807, 2.05) is 48.7 Å². The molecule has 3 atom stereocenters. The zero-order chi connectivity index (χ0) is 25.9. The minimum absolute atomic E-state index is 0.139. The van der Waals surface area contributed by atoms with Gasteiger partial charge in [-0.05, 0) is 59.0 Å². The SMILES string of the molecule is Cc1ccc2scc(CC(=O)N3C[C@H](c4ccc(F)cc4)[C@@H](O)[C@H]3C(=O)NCCc3ccccc3)c2c1. The van der Waals surface area contributed by atoms with Gasteiger partial charge in [-0.15, -0.1) is 11.3 Å². The number of benzene rings is 3. The Bertz CT molecular complexity index is 1400. The van der Waals surface area contributed by atoms with Gasteiger partial charge in [-0.3, -0.25) is 9.59 Å². The second kappa shape index (κ2) is 10.8. The van der Waals surface area contributed by atoms with E-state index >= 15 is 0 Å². The van der Waals surface area contributed by atoms with Gasteiger partial charge in [-0.2, -0.15) is 0 Å².